The van der Waals surface area contributed by atoms with Crippen molar-refractivity contribution in [1.82, 2.24) is 15.1 Å². The average Bonchev–Trinajstić information content (AvgIpc) is 2.70. The predicted molar refractivity (Wildman–Crippen MR) is 80.6 cm³/mol. The molecule has 0 saturated heterocycles. The van der Waals surface area contributed by atoms with Crippen molar-refractivity contribution >= 4 is 18.3 Å². The number of carbonyl (C=O) groups excluding carboxylic acids is 1. The Morgan fingerprint density at radius 3 is 2.55 bits per heavy atom. The Morgan fingerprint density at radius 1 is 1.55 bits per heavy atom. The van der Waals surface area contributed by atoms with Gasteiger partial charge in [-0.05, 0) is 5.41 Å². The van der Waals surface area contributed by atoms with Gasteiger partial charge in [-0.2, -0.15) is 5.10 Å². The maximum Gasteiger partial charge on any atom is 0.239 e. The second-order valence-corrected chi connectivity index (χ2v) is 5.82. The van der Waals surface area contributed by atoms with Crippen LogP contribution < -0.4 is 11.1 Å². The summed E-state index contributed by atoms with van der Waals surface area (Å²) < 4.78 is 6.62. The summed E-state index contributed by atoms with van der Waals surface area (Å²) in [6, 6.07) is -0.803. The first-order valence-corrected chi connectivity index (χ1v) is 6.29. The summed E-state index contributed by atoms with van der Waals surface area (Å²) in [6.07, 6.45) is 3.66. The Balaban J connectivity index is 0.00000361. The van der Waals surface area contributed by atoms with Crippen LogP contribution in [0.15, 0.2) is 12.4 Å². The number of amides is 1. The lowest BCUT2D eigenvalue weighted by Gasteiger charge is -2.31. The van der Waals surface area contributed by atoms with Crippen LogP contribution in [0.1, 0.15) is 32.4 Å². The highest BCUT2D eigenvalue weighted by molar-refractivity contribution is 5.85. The zero-order chi connectivity index (χ0) is 14.6. The first-order valence-electron chi connectivity index (χ1n) is 6.29. The second kappa shape index (κ2) is 7.61. The molecule has 3 N–H and O–H groups in total. The minimum absolute atomic E-state index is 0. The van der Waals surface area contributed by atoms with Gasteiger partial charge in [0.1, 0.15) is 6.04 Å². The highest BCUT2D eigenvalue weighted by Crippen LogP contribution is 2.32. The zero-order valence-electron chi connectivity index (χ0n) is 12.7. The molecule has 0 fully saturated rings. The van der Waals surface area contributed by atoms with Gasteiger partial charge in [-0.25, -0.2) is 0 Å². The number of hydrogen-bond donors (Lipinski definition) is 2. The molecule has 2 unspecified atom stereocenters. The predicted octanol–water partition coefficient (Wildman–Crippen LogP) is 1.02. The molecular formula is C13H25ClN4O2. The fourth-order valence-corrected chi connectivity index (χ4v) is 1.89. The lowest BCUT2D eigenvalue weighted by molar-refractivity contribution is -0.125. The van der Waals surface area contributed by atoms with Crippen LogP contribution in [0.25, 0.3) is 0 Å². The summed E-state index contributed by atoms with van der Waals surface area (Å²) in [5.74, 6) is -0.217. The number of aromatic nitrogens is 2. The van der Waals surface area contributed by atoms with Crippen LogP contribution in [0, 0.1) is 5.41 Å². The topological polar surface area (TPSA) is 82.2 Å². The van der Waals surface area contributed by atoms with E-state index in [1.165, 1.54) is 7.11 Å². The Kier molecular flexibility index (Phi) is 7.19. The van der Waals surface area contributed by atoms with Gasteiger partial charge in [0.2, 0.25) is 5.91 Å². The Labute approximate surface area is 126 Å². The van der Waals surface area contributed by atoms with Crippen molar-refractivity contribution in [2.45, 2.75) is 32.9 Å². The third kappa shape index (κ3) is 5.11. The average molecular weight is 305 g/mol. The standard InChI is InChI=1S/C13H24N4O2.ClH/c1-13(2,3)11(9-6-15-17(4)7-9)16-12(18)10(14)8-19-5;/h6-7,10-11H,8,14H2,1-5H3,(H,16,18);1H. The number of ether oxygens (including phenoxy) is 1. The number of rotatable bonds is 5. The van der Waals surface area contributed by atoms with Gasteiger partial charge in [0.25, 0.3) is 0 Å². The number of nitrogens with zero attached hydrogens (tertiary/aromatic N) is 2. The van der Waals surface area contributed by atoms with Gasteiger partial charge in [-0.15, -0.1) is 12.4 Å². The fraction of sp³-hybridized carbons (Fsp3) is 0.692. The van der Waals surface area contributed by atoms with E-state index < -0.39 is 6.04 Å². The van der Waals surface area contributed by atoms with Gasteiger partial charge >= 0.3 is 0 Å². The smallest absolute Gasteiger partial charge is 0.239 e. The second-order valence-electron chi connectivity index (χ2n) is 5.82. The molecule has 0 radical (unpaired) electrons. The summed E-state index contributed by atoms with van der Waals surface area (Å²) >= 11 is 0. The molecule has 116 valence electrons. The third-order valence-corrected chi connectivity index (χ3v) is 2.89. The lowest BCUT2D eigenvalue weighted by atomic mass is 9.83. The number of aryl methyl sites for hydroxylation is 1. The van der Waals surface area contributed by atoms with Crippen molar-refractivity contribution < 1.29 is 9.53 Å². The van der Waals surface area contributed by atoms with Crippen LogP contribution in [0.3, 0.4) is 0 Å². The molecule has 0 spiro atoms. The van der Waals surface area contributed by atoms with Gasteiger partial charge in [0.15, 0.2) is 0 Å². The van der Waals surface area contributed by atoms with Crippen LogP contribution in [-0.4, -0.2) is 35.4 Å². The molecule has 0 aliphatic heterocycles. The van der Waals surface area contributed by atoms with E-state index in [1.54, 1.807) is 10.9 Å². The van der Waals surface area contributed by atoms with Crippen LogP contribution in [-0.2, 0) is 16.6 Å². The maximum atomic E-state index is 12.0. The molecule has 7 heteroatoms. The molecule has 1 aromatic heterocycles. The number of nitrogens with two attached hydrogens (primary N) is 1. The van der Waals surface area contributed by atoms with Crippen molar-refractivity contribution in [3.05, 3.63) is 18.0 Å². The van der Waals surface area contributed by atoms with E-state index in [0.29, 0.717) is 0 Å². The van der Waals surface area contributed by atoms with Crippen molar-refractivity contribution in [3.63, 3.8) is 0 Å². The van der Waals surface area contributed by atoms with Gasteiger partial charge in [-0.3, -0.25) is 9.48 Å². The monoisotopic (exact) mass is 304 g/mol. The largest absolute Gasteiger partial charge is 0.383 e. The van der Waals surface area contributed by atoms with E-state index in [1.807, 2.05) is 13.2 Å². The van der Waals surface area contributed by atoms with Crippen molar-refractivity contribution in [2.24, 2.45) is 18.2 Å². The summed E-state index contributed by atoms with van der Waals surface area (Å²) in [5.41, 5.74) is 6.58. The molecule has 1 heterocycles. The SMILES string of the molecule is COCC(N)C(=O)NC(c1cnn(C)c1)C(C)(C)C.Cl. The molecule has 20 heavy (non-hydrogen) atoms. The highest BCUT2D eigenvalue weighted by Gasteiger charge is 2.30. The van der Waals surface area contributed by atoms with Crippen LogP contribution in [0.2, 0.25) is 0 Å². The van der Waals surface area contributed by atoms with Gasteiger partial charge in [0, 0.05) is 25.9 Å². The summed E-state index contributed by atoms with van der Waals surface area (Å²) in [6.45, 7) is 6.39. The van der Waals surface area contributed by atoms with Crippen molar-refractivity contribution in [2.75, 3.05) is 13.7 Å². The molecule has 1 amide bonds. The van der Waals surface area contributed by atoms with E-state index in [-0.39, 0.29) is 36.4 Å². The molecule has 1 aromatic rings. The number of methoxy groups -OCH3 is 1. The van der Waals surface area contributed by atoms with E-state index in [2.05, 4.69) is 31.2 Å². The molecule has 0 bridgehead atoms. The highest BCUT2D eigenvalue weighted by atomic mass is 35.5. The Morgan fingerprint density at radius 2 is 2.15 bits per heavy atom. The molecule has 0 aliphatic carbocycles. The fourth-order valence-electron chi connectivity index (χ4n) is 1.89. The molecule has 1 rings (SSSR count). The lowest BCUT2D eigenvalue weighted by Crippen LogP contribution is -2.47. The first-order chi connectivity index (χ1) is 8.75. The summed E-state index contributed by atoms with van der Waals surface area (Å²) in [5, 5.41) is 7.12. The quantitative estimate of drug-likeness (QED) is 0.851. The minimum Gasteiger partial charge on any atom is -0.383 e. The third-order valence-electron chi connectivity index (χ3n) is 2.89. The molecule has 6 nitrogen and oxygen atoms in total. The number of halogens is 1. The molecular weight excluding hydrogens is 280 g/mol. The first kappa shape index (κ1) is 18.9. The molecule has 0 saturated carbocycles. The normalized spacial score (nSPS) is 14.3. The van der Waals surface area contributed by atoms with Crippen molar-refractivity contribution in [3.8, 4) is 0 Å². The van der Waals surface area contributed by atoms with Gasteiger partial charge in [-0.1, -0.05) is 20.8 Å². The van der Waals surface area contributed by atoms with Gasteiger partial charge in [0.05, 0.1) is 18.8 Å². The zero-order valence-corrected chi connectivity index (χ0v) is 13.5. The van der Waals surface area contributed by atoms with Crippen LogP contribution >= 0.6 is 12.4 Å². The molecule has 0 aliphatic rings. The van der Waals surface area contributed by atoms with Crippen LogP contribution in [0.5, 0.6) is 0 Å². The Bertz CT molecular complexity index is 428. The summed E-state index contributed by atoms with van der Waals surface area (Å²) in [4.78, 5) is 12.0. The van der Waals surface area contributed by atoms with E-state index >= 15 is 0 Å². The Hall–Kier alpha value is -1.11. The number of hydrogen-bond acceptors (Lipinski definition) is 4. The summed E-state index contributed by atoms with van der Waals surface area (Å²) in [7, 11) is 3.37. The van der Waals surface area contributed by atoms with E-state index in [4.69, 9.17) is 10.5 Å². The van der Waals surface area contributed by atoms with Crippen LogP contribution in [0.4, 0.5) is 0 Å². The number of carbonyl (C=O) groups is 1. The van der Waals surface area contributed by atoms with Crippen molar-refractivity contribution in [1.29, 1.82) is 0 Å². The maximum absolute atomic E-state index is 12.0. The van der Waals surface area contributed by atoms with Gasteiger partial charge < -0.3 is 15.8 Å². The van der Waals surface area contributed by atoms with E-state index in [0.717, 1.165) is 5.56 Å². The minimum atomic E-state index is -0.661. The molecule has 0 aromatic carbocycles. The number of nitrogens with one attached hydrogen (secondary N) is 1. The molecule has 2 atom stereocenters. The van der Waals surface area contributed by atoms with E-state index in [9.17, 15) is 4.79 Å².